The molecule has 0 aliphatic rings. The highest BCUT2D eigenvalue weighted by atomic mass is 35.5. The molecular formula is C17H15Cl2FN3OP. The maximum atomic E-state index is 14.5. The van der Waals surface area contributed by atoms with Gasteiger partial charge in [-0.3, -0.25) is 4.98 Å². The Hall–Kier alpha value is -1.55. The summed E-state index contributed by atoms with van der Waals surface area (Å²) in [6, 6.07) is 4.71. The predicted molar refractivity (Wildman–Crippen MR) is 101 cm³/mol. The van der Waals surface area contributed by atoms with E-state index in [1.807, 2.05) is 0 Å². The summed E-state index contributed by atoms with van der Waals surface area (Å²) in [5.74, 6) is -0.524. The van der Waals surface area contributed by atoms with Crippen molar-refractivity contribution in [3.05, 3.63) is 51.6 Å². The second kappa shape index (κ2) is 6.64. The Morgan fingerprint density at radius 3 is 2.48 bits per heavy atom. The molecule has 8 heteroatoms. The summed E-state index contributed by atoms with van der Waals surface area (Å²) in [7, 11) is -2.23. The van der Waals surface area contributed by atoms with E-state index in [0.717, 1.165) is 0 Å². The van der Waals surface area contributed by atoms with Gasteiger partial charge in [0, 0.05) is 29.7 Å². The zero-order valence-corrected chi connectivity index (χ0v) is 16.3. The molecule has 3 rings (SSSR count). The van der Waals surface area contributed by atoms with Crippen molar-refractivity contribution in [2.45, 2.75) is 13.1 Å². The van der Waals surface area contributed by atoms with Gasteiger partial charge in [-0.2, -0.15) is 0 Å². The minimum Gasteiger partial charge on any atom is -0.324 e. The number of rotatable bonds is 3. The molecule has 4 nitrogen and oxygen atoms in total. The van der Waals surface area contributed by atoms with Crippen molar-refractivity contribution in [1.29, 1.82) is 0 Å². The minimum absolute atomic E-state index is 0.117. The van der Waals surface area contributed by atoms with Crippen LogP contribution in [0.3, 0.4) is 0 Å². The highest BCUT2D eigenvalue weighted by Gasteiger charge is 2.16. The zero-order valence-electron chi connectivity index (χ0n) is 13.8. The average Bonchev–Trinajstić information content (AvgIpc) is 2.52. The van der Waals surface area contributed by atoms with E-state index in [4.69, 9.17) is 23.2 Å². The number of fused-ring (bicyclic) bond motifs is 1. The summed E-state index contributed by atoms with van der Waals surface area (Å²) in [5.41, 5.74) is 2.50. The summed E-state index contributed by atoms with van der Waals surface area (Å²) >= 11 is 12.3. The number of halogens is 3. The highest BCUT2D eigenvalue weighted by Crippen LogP contribution is 2.40. The minimum atomic E-state index is -2.23. The van der Waals surface area contributed by atoms with Crippen LogP contribution in [0.25, 0.3) is 22.3 Å². The lowest BCUT2D eigenvalue weighted by molar-refractivity contribution is 0.581. The van der Waals surface area contributed by atoms with Crippen molar-refractivity contribution < 1.29 is 8.96 Å². The van der Waals surface area contributed by atoms with E-state index in [0.29, 0.717) is 39.2 Å². The zero-order chi connectivity index (χ0) is 18.4. The molecule has 0 fully saturated rings. The molecule has 0 radical (unpaired) electrons. The first-order valence-electron chi connectivity index (χ1n) is 7.47. The maximum absolute atomic E-state index is 14.5. The Labute approximate surface area is 154 Å². The first-order valence-corrected chi connectivity index (χ1v) is 11.0. The van der Waals surface area contributed by atoms with Gasteiger partial charge < -0.3 is 4.57 Å². The van der Waals surface area contributed by atoms with E-state index in [-0.39, 0.29) is 10.7 Å². The Kier molecular flexibility index (Phi) is 4.84. The topological polar surface area (TPSA) is 55.7 Å². The van der Waals surface area contributed by atoms with Crippen LogP contribution < -0.4 is 0 Å². The number of aromatic nitrogens is 3. The molecule has 0 unspecified atom stereocenters. The lowest BCUT2D eigenvalue weighted by atomic mass is 10.1. The molecule has 0 aliphatic heterocycles. The Bertz CT molecular complexity index is 1020. The lowest BCUT2D eigenvalue weighted by Crippen LogP contribution is -1.97. The molecule has 130 valence electrons. The molecule has 25 heavy (non-hydrogen) atoms. The van der Waals surface area contributed by atoms with Gasteiger partial charge in [-0.15, -0.1) is 0 Å². The second-order valence-electron chi connectivity index (χ2n) is 6.28. The average molecular weight is 398 g/mol. The van der Waals surface area contributed by atoms with E-state index in [9.17, 15) is 8.96 Å². The SMILES string of the molecule is Cc1nc2cc(F)c(-c3ccc(CP(C)(C)=O)nc3)nc2c(Cl)c1Cl. The monoisotopic (exact) mass is 397 g/mol. The fourth-order valence-electron chi connectivity index (χ4n) is 2.47. The predicted octanol–water partition coefficient (Wildman–Crippen LogP) is 5.57. The lowest BCUT2D eigenvalue weighted by Gasteiger charge is -2.09. The van der Waals surface area contributed by atoms with Gasteiger partial charge >= 0.3 is 0 Å². The van der Waals surface area contributed by atoms with Crippen LogP contribution in [-0.4, -0.2) is 28.3 Å². The van der Waals surface area contributed by atoms with Crippen molar-refractivity contribution in [1.82, 2.24) is 15.0 Å². The van der Waals surface area contributed by atoms with Crippen molar-refractivity contribution in [3.63, 3.8) is 0 Å². The quantitative estimate of drug-likeness (QED) is 0.542. The van der Waals surface area contributed by atoms with Gasteiger partial charge in [-0.1, -0.05) is 23.2 Å². The molecule has 0 saturated heterocycles. The molecule has 0 bridgehead atoms. The molecule has 3 aromatic rings. The van der Waals surface area contributed by atoms with Crippen molar-refractivity contribution in [2.24, 2.45) is 0 Å². The van der Waals surface area contributed by atoms with Gasteiger partial charge in [0.25, 0.3) is 0 Å². The first kappa shape index (κ1) is 18.2. The molecule has 0 spiro atoms. The molecule has 0 aliphatic carbocycles. The van der Waals surface area contributed by atoms with E-state index in [1.165, 1.54) is 12.3 Å². The van der Waals surface area contributed by atoms with E-state index in [1.54, 1.807) is 32.4 Å². The van der Waals surface area contributed by atoms with E-state index in [2.05, 4.69) is 15.0 Å². The van der Waals surface area contributed by atoms with Crippen LogP contribution in [0.5, 0.6) is 0 Å². The molecule has 0 aromatic carbocycles. The van der Waals surface area contributed by atoms with Crippen LogP contribution in [0.15, 0.2) is 24.4 Å². The summed E-state index contributed by atoms with van der Waals surface area (Å²) in [6.45, 7) is 5.10. The van der Waals surface area contributed by atoms with Crippen LogP contribution in [0, 0.1) is 12.7 Å². The second-order valence-corrected chi connectivity index (χ2v) is 10.5. The van der Waals surface area contributed by atoms with Gasteiger partial charge in [0.2, 0.25) is 0 Å². The molecule has 0 N–H and O–H groups in total. The van der Waals surface area contributed by atoms with Gasteiger partial charge in [-0.05, 0) is 32.4 Å². The molecule has 0 saturated carbocycles. The highest BCUT2D eigenvalue weighted by molar-refractivity contribution is 7.61. The molecule has 3 heterocycles. The third kappa shape index (κ3) is 3.84. The number of pyridine rings is 3. The summed E-state index contributed by atoms with van der Waals surface area (Å²) in [4.78, 5) is 12.8. The van der Waals surface area contributed by atoms with Crippen LogP contribution in [0.2, 0.25) is 10.0 Å². The molecular weight excluding hydrogens is 383 g/mol. The summed E-state index contributed by atoms with van der Waals surface area (Å²) in [5, 5.41) is 0.544. The van der Waals surface area contributed by atoms with E-state index < -0.39 is 13.0 Å². The Balaban J connectivity index is 2.09. The fourth-order valence-corrected chi connectivity index (χ4v) is 3.84. The van der Waals surface area contributed by atoms with Gasteiger partial charge in [0.15, 0.2) is 5.82 Å². The van der Waals surface area contributed by atoms with Gasteiger partial charge in [0.05, 0.1) is 28.4 Å². The first-order chi connectivity index (χ1) is 11.7. The third-order valence-corrected chi connectivity index (χ3v) is 5.62. The van der Waals surface area contributed by atoms with Gasteiger partial charge in [-0.25, -0.2) is 14.4 Å². The fraction of sp³-hybridized carbons (Fsp3) is 0.235. The van der Waals surface area contributed by atoms with Crippen LogP contribution in [0.4, 0.5) is 4.39 Å². The Morgan fingerprint density at radius 2 is 1.88 bits per heavy atom. The summed E-state index contributed by atoms with van der Waals surface area (Å²) in [6.07, 6.45) is 1.91. The van der Waals surface area contributed by atoms with Crippen molar-refractivity contribution in [3.8, 4) is 11.3 Å². The smallest absolute Gasteiger partial charge is 0.151 e. The molecule has 0 atom stereocenters. The van der Waals surface area contributed by atoms with Gasteiger partial charge in [0.1, 0.15) is 11.2 Å². The standard InChI is InChI=1S/C17H15Cl2FN3OP/c1-9-14(18)15(19)17-13(22-9)6-12(20)16(23-17)10-4-5-11(21-7-10)8-25(2,3)24/h4-7H,8H2,1-3H3. The number of hydrogen-bond donors (Lipinski definition) is 0. The van der Waals surface area contributed by atoms with Crippen LogP contribution in [0.1, 0.15) is 11.4 Å². The van der Waals surface area contributed by atoms with E-state index >= 15 is 0 Å². The maximum Gasteiger partial charge on any atom is 0.151 e. The largest absolute Gasteiger partial charge is 0.324 e. The van der Waals surface area contributed by atoms with Crippen LogP contribution in [-0.2, 0) is 10.7 Å². The number of aryl methyl sites for hydroxylation is 1. The number of hydrogen-bond acceptors (Lipinski definition) is 4. The normalized spacial score (nSPS) is 11.9. The summed E-state index contributed by atoms with van der Waals surface area (Å²) < 4.78 is 26.4. The molecule has 0 amide bonds. The Morgan fingerprint density at radius 1 is 1.16 bits per heavy atom. The van der Waals surface area contributed by atoms with Crippen molar-refractivity contribution in [2.75, 3.05) is 13.3 Å². The number of nitrogens with zero attached hydrogens (tertiary/aromatic N) is 3. The third-order valence-electron chi connectivity index (χ3n) is 3.60. The van der Waals surface area contributed by atoms with Crippen LogP contribution >= 0.6 is 30.3 Å². The van der Waals surface area contributed by atoms with Crippen molar-refractivity contribution >= 4 is 41.4 Å². The molecule has 3 aromatic heterocycles.